The van der Waals surface area contributed by atoms with Crippen molar-refractivity contribution in [3.05, 3.63) is 35.6 Å². The molecule has 1 aromatic rings. The maximum atomic E-state index is 13.1. The molecule has 158 valence electrons. The molecular formula is C21H35FN4O2. The predicted octanol–water partition coefficient (Wildman–Crippen LogP) is 2.43. The van der Waals surface area contributed by atoms with Crippen LogP contribution in [0.15, 0.2) is 29.3 Å². The third kappa shape index (κ3) is 7.37. The van der Waals surface area contributed by atoms with E-state index in [4.69, 9.17) is 9.47 Å². The standard InChI is InChI=1S/C21H35FN4O2/c1-16(2)13-19(26-9-11-28-12-10-26)14-24-21(23-3)25-15-20(27-4)17-5-7-18(22)8-6-17/h5-8,16,19-20H,9-15H2,1-4H3,(H2,23,24,25). The van der Waals surface area contributed by atoms with Gasteiger partial charge < -0.3 is 20.1 Å². The van der Waals surface area contributed by atoms with Crippen LogP contribution in [0.4, 0.5) is 4.39 Å². The number of rotatable bonds is 9. The van der Waals surface area contributed by atoms with Crippen molar-refractivity contribution < 1.29 is 13.9 Å². The lowest BCUT2D eigenvalue weighted by atomic mass is 10.0. The number of nitrogens with zero attached hydrogens (tertiary/aromatic N) is 2. The van der Waals surface area contributed by atoms with Gasteiger partial charge in [0.1, 0.15) is 5.82 Å². The second-order valence-corrected chi connectivity index (χ2v) is 7.54. The number of benzene rings is 1. The average Bonchev–Trinajstić information content (AvgIpc) is 2.71. The van der Waals surface area contributed by atoms with Crippen LogP contribution in [0.2, 0.25) is 0 Å². The van der Waals surface area contributed by atoms with Crippen LogP contribution < -0.4 is 10.6 Å². The fourth-order valence-corrected chi connectivity index (χ4v) is 3.49. The molecule has 2 atom stereocenters. The zero-order valence-electron chi connectivity index (χ0n) is 17.6. The number of guanidine groups is 1. The maximum absolute atomic E-state index is 13.1. The molecule has 1 aliphatic heterocycles. The van der Waals surface area contributed by atoms with E-state index in [-0.39, 0.29) is 11.9 Å². The molecule has 0 amide bonds. The van der Waals surface area contributed by atoms with Gasteiger partial charge in [-0.1, -0.05) is 26.0 Å². The van der Waals surface area contributed by atoms with Crippen LogP contribution in [0.25, 0.3) is 0 Å². The van der Waals surface area contributed by atoms with E-state index >= 15 is 0 Å². The Bertz CT molecular complexity index is 589. The molecule has 0 aliphatic carbocycles. The first-order valence-electron chi connectivity index (χ1n) is 10.1. The number of aliphatic imine (C=N–C) groups is 1. The van der Waals surface area contributed by atoms with Gasteiger partial charge in [0.05, 0.1) is 19.3 Å². The molecule has 1 fully saturated rings. The SMILES string of the molecule is CN=C(NCC(OC)c1ccc(F)cc1)NCC(CC(C)C)N1CCOCC1. The molecule has 6 nitrogen and oxygen atoms in total. The van der Waals surface area contributed by atoms with Crippen LogP contribution in [-0.4, -0.2) is 70.5 Å². The quantitative estimate of drug-likeness (QED) is 0.498. The highest BCUT2D eigenvalue weighted by Gasteiger charge is 2.22. The first kappa shape index (κ1) is 22.6. The van der Waals surface area contributed by atoms with Crippen molar-refractivity contribution >= 4 is 5.96 Å². The first-order valence-corrected chi connectivity index (χ1v) is 10.1. The molecular weight excluding hydrogens is 359 g/mol. The summed E-state index contributed by atoms with van der Waals surface area (Å²) in [6.07, 6.45) is 0.949. The van der Waals surface area contributed by atoms with Gasteiger partial charge in [-0.15, -0.1) is 0 Å². The van der Waals surface area contributed by atoms with Crippen molar-refractivity contribution in [3.8, 4) is 0 Å². The van der Waals surface area contributed by atoms with Crippen molar-refractivity contribution in [1.82, 2.24) is 15.5 Å². The van der Waals surface area contributed by atoms with Crippen LogP contribution in [0.3, 0.4) is 0 Å². The molecule has 1 saturated heterocycles. The van der Waals surface area contributed by atoms with Crippen LogP contribution in [-0.2, 0) is 9.47 Å². The minimum atomic E-state index is -0.247. The van der Waals surface area contributed by atoms with E-state index in [9.17, 15) is 4.39 Å². The lowest BCUT2D eigenvalue weighted by Gasteiger charge is -2.35. The molecule has 1 heterocycles. The van der Waals surface area contributed by atoms with Crippen LogP contribution in [0, 0.1) is 11.7 Å². The Morgan fingerprint density at radius 2 is 1.82 bits per heavy atom. The summed E-state index contributed by atoms with van der Waals surface area (Å²) in [4.78, 5) is 6.83. The normalized spacial score (nSPS) is 18.1. The van der Waals surface area contributed by atoms with Crippen LogP contribution >= 0.6 is 0 Å². The highest BCUT2D eigenvalue weighted by molar-refractivity contribution is 5.79. The summed E-state index contributed by atoms with van der Waals surface area (Å²) < 4.78 is 24.2. The Morgan fingerprint density at radius 3 is 2.39 bits per heavy atom. The smallest absolute Gasteiger partial charge is 0.191 e. The third-order valence-electron chi connectivity index (χ3n) is 5.02. The molecule has 2 unspecified atom stereocenters. The van der Waals surface area contributed by atoms with Crippen LogP contribution in [0.5, 0.6) is 0 Å². The number of methoxy groups -OCH3 is 1. The number of halogens is 1. The number of morpholine rings is 1. The molecule has 1 aromatic carbocycles. The summed E-state index contributed by atoms with van der Waals surface area (Å²) in [5.41, 5.74) is 0.929. The van der Waals surface area contributed by atoms with Gasteiger partial charge in [-0.3, -0.25) is 9.89 Å². The number of hydrogen-bond donors (Lipinski definition) is 2. The molecule has 1 aliphatic rings. The molecule has 2 rings (SSSR count). The monoisotopic (exact) mass is 394 g/mol. The minimum absolute atomic E-state index is 0.176. The fraction of sp³-hybridized carbons (Fsp3) is 0.667. The number of ether oxygens (including phenoxy) is 2. The highest BCUT2D eigenvalue weighted by atomic mass is 19.1. The summed E-state index contributed by atoms with van der Waals surface area (Å²) in [5.74, 6) is 1.12. The lowest BCUT2D eigenvalue weighted by molar-refractivity contribution is 0.0132. The highest BCUT2D eigenvalue weighted by Crippen LogP contribution is 2.16. The van der Waals surface area contributed by atoms with Gasteiger partial charge in [-0.25, -0.2) is 4.39 Å². The van der Waals surface area contributed by atoms with Gasteiger partial charge in [-0.05, 0) is 30.0 Å². The Kier molecular flexibility index (Phi) is 9.67. The predicted molar refractivity (Wildman–Crippen MR) is 111 cm³/mol. The van der Waals surface area contributed by atoms with E-state index in [0.29, 0.717) is 18.5 Å². The summed E-state index contributed by atoms with van der Waals surface area (Å²) in [6, 6.07) is 6.84. The summed E-state index contributed by atoms with van der Waals surface area (Å²) in [5, 5.41) is 6.78. The minimum Gasteiger partial charge on any atom is -0.379 e. The van der Waals surface area contributed by atoms with E-state index in [0.717, 1.165) is 50.8 Å². The first-order chi connectivity index (χ1) is 13.5. The van der Waals surface area contributed by atoms with Gasteiger partial charge in [0.15, 0.2) is 5.96 Å². The zero-order valence-corrected chi connectivity index (χ0v) is 17.6. The molecule has 28 heavy (non-hydrogen) atoms. The lowest BCUT2D eigenvalue weighted by Crippen LogP contribution is -2.51. The average molecular weight is 395 g/mol. The third-order valence-corrected chi connectivity index (χ3v) is 5.02. The number of nitrogens with one attached hydrogen (secondary N) is 2. The Hall–Kier alpha value is -1.70. The molecule has 0 aromatic heterocycles. The molecule has 0 radical (unpaired) electrons. The molecule has 0 bridgehead atoms. The van der Waals surface area contributed by atoms with Crippen molar-refractivity contribution in [2.45, 2.75) is 32.4 Å². The van der Waals surface area contributed by atoms with Crippen molar-refractivity contribution in [1.29, 1.82) is 0 Å². The second kappa shape index (κ2) is 12.0. The molecule has 7 heteroatoms. The largest absolute Gasteiger partial charge is 0.379 e. The Balaban J connectivity index is 1.88. The maximum Gasteiger partial charge on any atom is 0.191 e. The Labute approximate surface area is 168 Å². The van der Waals surface area contributed by atoms with E-state index in [1.54, 1.807) is 26.3 Å². The van der Waals surface area contributed by atoms with Crippen molar-refractivity contribution in [2.75, 3.05) is 53.6 Å². The van der Waals surface area contributed by atoms with E-state index in [1.807, 2.05) is 0 Å². The van der Waals surface area contributed by atoms with Gasteiger partial charge in [0.2, 0.25) is 0 Å². The van der Waals surface area contributed by atoms with E-state index < -0.39 is 0 Å². The Morgan fingerprint density at radius 1 is 1.18 bits per heavy atom. The van der Waals surface area contributed by atoms with E-state index in [1.165, 1.54) is 12.1 Å². The van der Waals surface area contributed by atoms with Crippen molar-refractivity contribution in [3.63, 3.8) is 0 Å². The summed E-state index contributed by atoms with van der Waals surface area (Å²) in [6.45, 7) is 9.44. The second-order valence-electron chi connectivity index (χ2n) is 7.54. The number of hydrogen-bond acceptors (Lipinski definition) is 4. The van der Waals surface area contributed by atoms with Gasteiger partial charge in [0.25, 0.3) is 0 Å². The van der Waals surface area contributed by atoms with Gasteiger partial charge in [0, 0.05) is 46.4 Å². The van der Waals surface area contributed by atoms with Crippen molar-refractivity contribution in [2.24, 2.45) is 10.9 Å². The van der Waals surface area contributed by atoms with Crippen LogP contribution in [0.1, 0.15) is 31.9 Å². The molecule has 0 saturated carbocycles. The fourth-order valence-electron chi connectivity index (χ4n) is 3.49. The van der Waals surface area contributed by atoms with E-state index in [2.05, 4.69) is 34.4 Å². The topological polar surface area (TPSA) is 58.1 Å². The van der Waals surface area contributed by atoms with Gasteiger partial charge >= 0.3 is 0 Å². The zero-order chi connectivity index (χ0) is 20.4. The summed E-state index contributed by atoms with van der Waals surface area (Å²) in [7, 11) is 3.42. The molecule has 0 spiro atoms. The van der Waals surface area contributed by atoms with Gasteiger partial charge in [-0.2, -0.15) is 0 Å². The molecule has 2 N–H and O–H groups in total. The summed E-state index contributed by atoms with van der Waals surface area (Å²) >= 11 is 0.